The van der Waals surface area contributed by atoms with Crippen LogP contribution < -0.4 is 5.32 Å². The van der Waals surface area contributed by atoms with Gasteiger partial charge in [0.2, 0.25) is 0 Å². The van der Waals surface area contributed by atoms with Gasteiger partial charge in [-0.2, -0.15) is 0 Å². The van der Waals surface area contributed by atoms with Crippen molar-refractivity contribution in [3.63, 3.8) is 0 Å². The standard InChI is InChI=1S/C16H15ClN4S/c1-11-19-14(17)8-15(20-11)18-9-13-10-22-16(21-13)7-12-5-3-2-4-6-12/h2-6,8,10H,7,9H2,1H3,(H,18,19,20). The number of aryl methyl sites for hydroxylation is 1. The maximum absolute atomic E-state index is 5.92. The number of hydrogen-bond donors (Lipinski definition) is 1. The van der Waals surface area contributed by atoms with Gasteiger partial charge >= 0.3 is 0 Å². The van der Waals surface area contributed by atoms with Gasteiger partial charge in [-0.25, -0.2) is 15.0 Å². The molecule has 22 heavy (non-hydrogen) atoms. The van der Waals surface area contributed by atoms with Crippen molar-refractivity contribution < 1.29 is 0 Å². The largest absolute Gasteiger partial charge is 0.364 e. The average molecular weight is 331 g/mol. The van der Waals surface area contributed by atoms with E-state index in [1.807, 2.05) is 25.1 Å². The number of halogens is 1. The molecule has 6 heteroatoms. The van der Waals surface area contributed by atoms with Crippen LogP contribution in [0.5, 0.6) is 0 Å². The van der Waals surface area contributed by atoms with Crippen molar-refractivity contribution in [3.8, 4) is 0 Å². The van der Waals surface area contributed by atoms with Crippen molar-refractivity contribution in [2.24, 2.45) is 0 Å². The Labute approximate surface area is 138 Å². The van der Waals surface area contributed by atoms with Gasteiger partial charge in [-0.3, -0.25) is 0 Å². The molecule has 0 radical (unpaired) electrons. The third-order valence-corrected chi connectivity index (χ3v) is 4.15. The summed E-state index contributed by atoms with van der Waals surface area (Å²) in [6, 6.07) is 12.1. The van der Waals surface area contributed by atoms with Crippen LogP contribution in [0.3, 0.4) is 0 Å². The molecule has 0 atom stereocenters. The lowest BCUT2D eigenvalue weighted by Crippen LogP contribution is -2.03. The Morgan fingerprint density at radius 3 is 2.73 bits per heavy atom. The van der Waals surface area contributed by atoms with Gasteiger partial charge in [0, 0.05) is 17.9 Å². The van der Waals surface area contributed by atoms with Crippen molar-refractivity contribution in [2.45, 2.75) is 19.9 Å². The van der Waals surface area contributed by atoms with Crippen LogP contribution in [0.15, 0.2) is 41.8 Å². The number of nitrogens with zero attached hydrogens (tertiary/aromatic N) is 3. The SMILES string of the molecule is Cc1nc(Cl)cc(NCc2csc(Cc3ccccc3)n2)n1. The second kappa shape index (κ2) is 6.85. The first-order chi connectivity index (χ1) is 10.7. The monoisotopic (exact) mass is 330 g/mol. The summed E-state index contributed by atoms with van der Waals surface area (Å²) in [5.74, 6) is 1.37. The number of hydrogen-bond acceptors (Lipinski definition) is 5. The van der Waals surface area contributed by atoms with E-state index in [2.05, 4.69) is 37.8 Å². The van der Waals surface area contributed by atoms with E-state index < -0.39 is 0 Å². The summed E-state index contributed by atoms with van der Waals surface area (Å²) in [6.45, 7) is 2.44. The molecule has 112 valence electrons. The second-order valence-electron chi connectivity index (χ2n) is 4.87. The lowest BCUT2D eigenvalue weighted by Gasteiger charge is -2.04. The fourth-order valence-electron chi connectivity index (χ4n) is 2.08. The third-order valence-electron chi connectivity index (χ3n) is 3.05. The molecule has 0 fully saturated rings. The van der Waals surface area contributed by atoms with Crippen LogP contribution >= 0.6 is 22.9 Å². The van der Waals surface area contributed by atoms with Crippen molar-refractivity contribution >= 4 is 28.8 Å². The van der Waals surface area contributed by atoms with Crippen LogP contribution in [0.2, 0.25) is 5.15 Å². The van der Waals surface area contributed by atoms with Gasteiger partial charge in [-0.15, -0.1) is 11.3 Å². The Morgan fingerprint density at radius 2 is 1.95 bits per heavy atom. The van der Waals surface area contributed by atoms with E-state index in [9.17, 15) is 0 Å². The van der Waals surface area contributed by atoms with E-state index in [1.165, 1.54) is 5.56 Å². The molecule has 3 rings (SSSR count). The minimum Gasteiger partial charge on any atom is -0.364 e. The van der Waals surface area contributed by atoms with E-state index in [4.69, 9.17) is 11.6 Å². The minimum atomic E-state index is 0.443. The summed E-state index contributed by atoms with van der Waals surface area (Å²) in [7, 11) is 0. The van der Waals surface area contributed by atoms with Crippen LogP contribution in [0.4, 0.5) is 5.82 Å². The smallest absolute Gasteiger partial charge is 0.134 e. The first kappa shape index (κ1) is 14.9. The lowest BCUT2D eigenvalue weighted by molar-refractivity contribution is 0.989. The maximum atomic E-state index is 5.92. The second-order valence-corrected chi connectivity index (χ2v) is 6.20. The highest BCUT2D eigenvalue weighted by Crippen LogP contribution is 2.16. The zero-order chi connectivity index (χ0) is 15.4. The van der Waals surface area contributed by atoms with E-state index in [1.54, 1.807) is 17.4 Å². The predicted octanol–water partition coefficient (Wildman–Crippen LogP) is 4.10. The summed E-state index contributed by atoms with van der Waals surface area (Å²) >= 11 is 7.60. The number of aromatic nitrogens is 3. The van der Waals surface area contributed by atoms with Gasteiger partial charge in [-0.1, -0.05) is 41.9 Å². The van der Waals surface area contributed by atoms with Crippen LogP contribution in [0.25, 0.3) is 0 Å². The van der Waals surface area contributed by atoms with Gasteiger partial charge in [0.1, 0.15) is 16.8 Å². The topological polar surface area (TPSA) is 50.7 Å². The normalized spacial score (nSPS) is 10.6. The average Bonchev–Trinajstić information content (AvgIpc) is 2.93. The van der Waals surface area contributed by atoms with E-state index in [-0.39, 0.29) is 0 Å². The summed E-state index contributed by atoms with van der Waals surface area (Å²) in [5, 5.41) is 6.85. The molecule has 4 nitrogen and oxygen atoms in total. The van der Waals surface area contributed by atoms with Crippen LogP contribution in [-0.4, -0.2) is 15.0 Å². The first-order valence-electron chi connectivity index (χ1n) is 6.91. The molecule has 0 unspecified atom stereocenters. The van der Waals surface area contributed by atoms with Gasteiger partial charge in [0.05, 0.1) is 17.2 Å². The summed E-state index contributed by atoms with van der Waals surface area (Å²) in [4.78, 5) is 13.0. The van der Waals surface area contributed by atoms with Crippen molar-refractivity contribution in [1.29, 1.82) is 0 Å². The highest BCUT2D eigenvalue weighted by Gasteiger charge is 2.05. The van der Waals surface area contributed by atoms with Crippen LogP contribution in [-0.2, 0) is 13.0 Å². The molecule has 0 aliphatic heterocycles. The fraction of sp³-hybridized carbons (Fsp3) is 0.188. The zero-order valence-electron chi connectivity index (χ0n) is 12.1. The molecular formula is C16H15ClN4S. The molecule has 1 N–H and O–H groups in total. The fourth-order valence-corrected chi connectivity index (χ4v) is 3.14. The van der Waals surface area contributed by atoms with E-state index in [0.717, 1.165) is 22.9 Å². The molecule has 3 aromatic rings. The Kier molecular flexibility index (Phi) is 4.65. The van der Waals surface area contributed by atoms with Gasteiger partial charge in [0.15, 0.2) is 0 Å². The molecule has 0 bridgehead atoms. The Hall–Kier alpha value is -1.98. The molecule has 1 aromatic carbocycles. The number of rotatable bonds is 5. The molecule has 0 aliphatic carbocycles. The number of nitrogens with one attached hydrogen (secondary N) is 1. The van der Waals surface area contributed by atoms with Crippen molar-refractivity contribution in [1.82, 2.24) is 15.0 Å². The molecule has 2 aromatic heterocycles. The minimum absolute atomic E-state index is 0.443. The molecule has 0 spiro atoms. The summed E-state index contributed by atoms with van der Waals surface area (Å²) in [5.41, 5.74) is 2.28. The Morgan fingerprint density at radius 1 is 1.14 bits per heavy atom. The van der Waals surface area contributed by atoms with Gasteiger partial charge < -0.3 is 5.32 Å². The van der Waals surface area contributed by atoms with E-state index in [0.29, 0.717) is 17.5 Å². The third kappa shape index (κ3) is 4.02. The highest BCUT2D eigenvalue weighted by molar-refractivity contribution is 7.09. The van der Waals surface area contributed by atoms with Gasteiger partial charge in [0.25, 0.3) is 0 Å². The molecular weight excluding hydrogens is 316 g/mol. The van der Waals surface area contributed by atoms with E-state index >= 15 is 0 Å². The maximum Gasteiger partial charge on any atom is 0.134 e. The highest BCUT2D eigenvalue weighted by atomic mass is 35.5. The molecule has 0 aliphatic rings. The molecule has 0 saturated heterocycles. The first-order valence-corrected chi connectivity index (χ1v) is 8.17. The van der Waals surface area contributed by atoms with Crippen molar-refractivity contribution in [3.05, 3.63) is 69.0 Å². The summed E-state index contributed by atoms with van der Waals surface area (Å²) < 4.78 is 0. The Balaban J connectivity index is 1.62. The van der Waals surface area contributed by atoms with Gasteiger partial charge in [-0.05, 0) is 12.5 Å². The molecule has 2 heterocycles. The molecule has 0 amide bonds. The number of anilines is 1. The molecule has 0 saturated carbocycles. The lowest BCUT2D eigenvalue weighted by atomic mass is 10.2. The Bertz CT molecular complexity index is 738. The zero-order valence-corrected chi connectivity index (χ0v) is 13.7. The summed E-state index contributed by atoms with van der Waals surface area (Å²) in [6.07, 6.45) is 0.865. The number of benzene rings is 1. The van der Waals surface area contributed by atoms with Crippen molar-refractivity contribution in [2.75, 3.05) is 5.32 Å². The van der Waals surface area contributed by atoms with Crippen LogP contribution in [0, 0.1) is 6.92 Å². The predicted molar refractivity (Wildman–Crippen MR) is 90.5 cm³/mol. The number of thiazole rings is 1. The van der Waals surface area contributed by atoms with Crippen LogP contribution in [0.1, 0.15) is 22.1 Å². The quantitative estimate of drug-likeness (QED) is 0.716.